The fourth-order valence-corrected chi connectivity index (χ4v) is 4.28. The van der Waals surface area contributed by atoms with Crippen LogP contribution >= 0.6 is 38.8 Å². The highest BCUT2D eigenvalue weighted by molar-refractivity contribution is 14.2. The lowest BCUT2D eigenvalue weighted by Crippen LogP contribution is -2.19. The maximum atomic E-state index is 14.4. The Bertz CT molecular complexity index is 1040. The molecule has 29 heavy (non-hydrogen) atoms. The largest absolute Gasteiger partial charge is 0.508 e. The number of rotatable bonds is 3. The number of halogens is 2. The summed E-state index contributed by atoms with van der Waals surface area (Å²) in [6.07, 6.45) is -0.465. The Morgan fingerprint density at radius 2 is 1.79 bits per heavy atom. The SMILES string of the molecule is S=PI.[3H]Oc1ccc([C@H]2Oc3ccc(O)c(F)c3S[C@H]2c2cccc(O)c2)cc1. The van der Waals surface area contributed by atoms with Crippen LogP contribution in [-0.2, 0) is 11.8 Å². The Morgan fingerprint density at radius 1 is 1.07 bits per heavy atom. The Hall–Kier alpha value is -1.61. The van der Waals surface area contributed by atoms with Gasteiger partial charge in [0.2, 0.25) is 0 Å². The lowest BCUT2D eigenvalue weighted by Gasteiger charge is -2.34. The van der Waals surface area contributed by atoms with Crippen molar-refractivity contribution in [2.45, 2.75) is 16.2 Å². The van der Waals surface area contributed by atoms with Crippen LogP contribution in [0.25, 0.3) is 0 Å². The first kappa shape index (κ1) is 20.7. The average Bonchev–Trinajstić information content (AvgIpc) is 2.76. The molecule has 3 aromatic carbocycles. The third-order valence-corrected chi connectivity index (χ3v) is 5.61. The molecule has 0 aliphatic carbocycles. The molecule has 0 saturated carbocycles. The van der Waals surface area contributed by atoms with Crippen molar-refractivity contribution in [2.75, 3.05) is 0 Å². The van der Waals surface area contributed by atoms with E-state index in [1.54, 1.807) is 42.5 Å². The van der Waals surface area contributed by atoms with Crippen molar-refractivity contribution in [2.24, 2.45) is 0 Å². The first-order valence-corrected chi connectivity index (χ1v) is 13.9. The van der Waals surface area contributed by atoms with Gasteiger partial charge in [0.05, 0.1) is 10.1 Å². The molecule has 0 spiro atoms. The zero-order valence-corrected chi connectivity index (χ0v) is 19.3. The molecule has 1 aliphatic heterocycles. The minimum Gasteiger partial charge on any atom is -0.508 e. The summed E-state index contributed by atoms with van der Waals surface area (Å²) < 4.78 is 27.5. The molecule has 0 amide bonds. The minimum absolute atomic E-state index is 0.104. The smallest absolute Gasteiger partial charge is 0.293 e. The molecule has 4 nitrogen and oxygen atoms in total. The summed E-state index contributed by atoms with van der Waals surface area (Å²) in [5, 5.41) is 23.7. The molecule has 0 unspecified atom stereocenters. The van der Waals surface area contributed by atoms with E-state index in [9.17, 15) is 14.6 Å². The summed E-state index contributed by atoms with van der Waals surface area (Å²) in [7, 11) is 0. The van der Waals surface area contributed by atoms with Crippen LogP contribution in [0.1, 0.15) is 22.5 Å². The van der Waals surface area contributed by atoms with Gasteiger partial charge in [-0.15, -0.1) is 11.8 Å². The van der Waals surface area contributed by atoms with Gasteiger partial charge < -0.3 is 20.1 Å². The molecular weight excluding hydrogens is 545 g/mol. The Kier molecular flexibility index (Phi) is 7.07. The van der Waals surface area contributed by atoms with Crippen molar-refractivity contribution in [3.63, 3.8) is 0 Å². The van der Waals surface area contributed by atoms with Gasteiger partial charge >= 0.3 is 0 Å². The van der Waals surface area contributed by atoms with Crippen LogP contribution in [0.2, 0.25) is 0 Å². The lowest BCUT2D eigenvalue weighted by molar-refractivity contribution is 0.188. The molecule has 1 heterocycles. The van der Waals surface area contributed by atoms with Gasteiger partial charge in [-0.05, 0) is 81.4 Å². The number of thioether (sulfide) groups is 1. The van der Waals surface area contributed by atoms with Crippen molar-refractivity contribution in [1.29, 1.82) is 1.43 Å². The van der Waals surface area contributed by atoms with E-state index < -0.39 is 17.7 Å². The first-order chi connectivity index (χ1) is 14.5. The quantitative estimate of drug-likeness (QED) is 0.245. The predicted octanol–water partition coefficient (Wildman–Crippen LogP) is 6.65. The topological polar surface area (TPSA) is 69.9 Å². The van der Waals surface area contributed by atoms with Crippen LogP contribution < -0.4 is 4.74 Å². The van der Waals surface area contributed by atoms with Crippen molar-refractivity contribution >= 4 is 50.6 Å². The summed E-state index contributed by atoms with van der Waals surface area (Å²) in [5.41, 5.74) is 1.58. The fourth-order valence-electron chi connectivity index (χ4n) is 2.96. The molecule has 0 aromatic heterocycles. The maximum absolute atomic E-state index is 14.4. The average molecular weight is 562 g/mol. The second kappa shape index (κ2) is 9.93. The molecule has 0 fully saturated rings. The highest BCUT2D eigenvalue weighted by Gasteiger charge is 2.35. The first-order valence-electron chi connectivity index (χ1n) is 8.69. The second-order valence-electron chi connectivity index (χ2n) is 6.04. The summed E-state index contributed by atoms with van der Waals surface area (Å²) in [4.78, 5) is 1.20. The van der Waals surface area contributed by atoms with Crippen LogP contribution in [0.3, 0.4) is 0 Å². The molecule has 2 atom stereocenters. The van der Waals surface area contributed by atoms with Crippen LogP contribution in [0.5, 0.6) is 23.0 Å². The van der Waals surface area contributed by atoms with Gasteiger partial charge in [0.25, 0.3) is 1.43 Å². The van der Waals surface area contributed by atoms with Gasteiger partial charge in [0.15, 0.2) is 11.6 Å². The molecule has 4 rings (SSSR count). The van der Waals surface area contributed by atoms with Gasteiger partial charge in [-0.2, -0.15) is 0 Å². The Morgan fingerprint density at radius 3 is 2.45 bits per heavy atom. The number of phenolic OH excluding ortho intramolecular Hbond substituents is 3. The molecule has 9 heteroatoms. The van der Waals surface area contributed by atoms with Crippen LogP contribution in [0, 0.1) is 5.82 Å². The number of aromatic hydroxyl groups is 3. The maximum Gasteiger partial charge on any atom is 0.293 e. The fraction of sp³-hybridized carbons (Fsp3) is 0.100. The molecule has 1 aliphatic rings. The standard InChI is InChI=1S/C20H15FO4S.IPS/c21-17-15(24)8-9-16-20(17)26-19(12-2-1-3-14(23)10-12)18(25-16)11-4-6-13(22)7-5-11;1-2-3/h1-10,18-19,22-24H;/t18-,19+;/m1./s1/i/hT. The van der Waals surface area contributed by atoms with E-state index in [0.29, 0.717) is 11.5 Å². The van der Waals surface area contributed by atoms with Crippen LogP contribution in [0.15, 0.2) is 65.6 Å². The van der Waals surface area contributed by atoms with Gasteiger partial charge in [0.1, 0.15) is 23.4 Å². The number of fused-ring (bicyclic) bond motifs is 1. The van der Waals surface area contributed by atoms with Crippen LogP contribution in [-0.4, -0.2) is 16.8 Å². The molecule has 3 aromatic rings. The van der Waals surface area contributed by atoms with E-state index in [1.807, 2.05) is 6.07 Å². The number of ether oxygens (including phenoxy) is 1. The van der Waals surface area contributed by atoms with Crippen molar-refractivity contribution in [3.05, 3.63) is 77.6 Å². The molecule has 3 N–H and O–H groups in total. The third-order valence-electron chi connectivity index (χ3n) is 4.22. The van der Waals surface area contributed by atoms with Crippen molar-refractivity contribution < 1.29 is 24.4 Å². The zero-order chi connectivity index (χ0) is 21.7. The highest BCUT2D eigenvalue weighted by atomic mass is 127. The van der Waals surface area contributed by atoms with E-state index in [2.05, 4.69) is 39.0 Å². The van der Waals surface area contributed by atoms with Crippen molar-refractivity contribution in [1.82, 2.24) is 0 Å². The Labute approximate surface area is 192 Å². The summed E-state index contributed by atoms with van der Waals surface area (Å²) in [6.45, 7) is 0. The highest BCUT2D eigenvalue weighted by Crippen LogP contribution is 2.55. The van der Waals surface area contributed by atoms with Gasteiger partial charge in [-0.3, -0.25) is 0 Å². The van der Waals surface area contributed by atoms with Gasteiger partial charge in [0, 0.05) is 5.00 Å². The number of hydrogen-bond donors (Lipinski definition) is 3. The predicted molar refractivity (Wildman–Crippen MR) is 125 cm³/mol. The molecule has 0 saturated heterocycles. The summed E-state index contributed by atoms with van der Waals surface area (Å²) >= 11 is 7.66. The number of phenols is 3. The normalized spacial score (nSPS) is 17.9. The third kappa shape index (κ3) is 5.12. The molecule has 0 radical (unpaired) electrons. The summed E-state index contributed by atoms with van der Waals surface area (Å²) in [5.74, 6) is -0.314. The second-order valence-corrected chi connectivity index (χ2v) is 11.3. The van der Waals surface area contributed by atoms with E-state index in [1.165, 1.54) is 23.9 Å². The Balaban J connectivity index is 0.000000806. The van der Waals surface area contributed by atoms with Gasteiger partial charge in [-0.25, -0.2) is 4.39 Å². The zero-order valence-electron chi connectivity index (χ0n) is 15.7. The monoisotopic (exact) mass is 562 g/mol. The molecule has 150 valence electrons. The minimum atomic E-state index is -0.723. The molecular formula is C20H15FIO4PS2. The van der Waals surface area contributed by atoms with Gasteiger partial charge in [-0.1, -0.05) is 24.3 Å². The van der Waals surface area contributed by atoms with Crippen LogP contribution in [0.4, 0.5) is 4.39 Å². The number of benzene rings is 3. The molecule has 0 bridgehead atoms. The van der Waals surface area contributed by atoms with E-state index >= 15 is 0 Å². The number of hydrogen-bond acceptors (Lipinski definition) is 6. The van der Waals surface area contributed by atoms with E-state index in [-0.39, 0.29) is 15.9 Å². The van der Waals surface area contributed by atoms with E-state index in [0.717, 1.165) is 16.1 Å². The van der Waals surface area contributed by atoms with Crippen molar-refractivity contribution in [3.8, 4) is 23.0 Å². The van der Waals surface area contributed by atoms with E-state index in [4.69, 9.17) is 6.17 Å². The lowest BCUT2D eigenvalue weighted by atomic mass is 10.00. The summed E-state index contributed by atoms with van der Waals surface area (Å²) in [6, 6.07) is 16.4.